The summed E-state index contributed by atoms with van der Waals surface area (Å²) in [4.78, 5) is 2.44. The predicted octanol–water partition coefficient (Wildman–Crippen LogP) is 2.05. The van der Waals surface area contributed by atoms with Crippen LogP contribution in [0.3, 0.4) is 0 Å². The number of nitrogens with zero attached hydrogens (tertiary/aromatic N) is 4. The predicted molar refractivity (Wildman–Crippen MR) is 66.8 cm³/mol. The minimum atomic E-state index is 0.462. The van der Waals surface area contributed by atoms with Crippen LogP contribution in [0.2, 0.25) is 0 Å². The van der Waals surface area contributed by atoms with E-state index in [-0.39, 0.29) is 0 Å². The highest BCUT2D eigenvalue weighted by Crippen LogP contribution is 2.32. The largest absolute Gasteiger partial charge is 0.360 e. The third-order valence-electron chi connectivity index (χ3n) is 3.51. The molecule has 0 spiro atoms. The van der Waals surface area contributed by atoms with Gasteiger partial charge in [-0.25, -0.2) is 0 Å². The van der Waals surface area contributed by atoms with Gasteiger partial charge in [-0.1, -0.05) is 5.16 Å². The zero-order valence-electron chi connectivity index (χ0n) is 10.8. The molecule has 2 aromatic rings. The lowest BCUT2D eigenvalue weighted by Gasteiger charge is -2.21. The maximum absolute atomic E-state index is 5.30. The molecule has 1 aliphatic rings. The molecule has 18 heavy (non-hydrogen) atoms. The van der Waals surface area contributed by atoms with E-state index in [1.165, 1.54) is 18.4 Å². The van der Waals surface area contributed by atoms with Crippen molar-refractivity contribution in [3.8, 4) is 0 Å². The first-order valence-electron chi connectivity index (χ1n) is 6.37. The Morgan fingerprint density at radius 1 is 1.50 bits per heavy atom. The Balaban J connectivity index is 1.75. The third-order valence-corrected chi connectivity index (χ3v) is 3.51. The molecule has 0 aromatic carbocycles. The number of aromatic nitrogens is 3. The van der Waals surface area contributed by atoms with Crippen molar-refractivity contribution in [1.82, 2.24) is 19.8 Å². The first kappa shape index (κ1) is 11.5. The van der Waals surface area contributed by atoms with Gasteiger partial charge in [-0.05, 0) is 26.3 Å². The molecule has 0 bridgehead atoms. The first-order chi connectivity index (χ1) is 8.72. The summed E-state index contributed by atoms with van der Waals surface area (Å²) >= 11 is 0. The second-order valence-corrected chi connectivity index (χ2v) is 5.01. The van der Waals surface area contributed by atoms with Crippen molar-refractivity contribution in [2.45, 2.75) is 32.4 Å². The molecule has 0 saturated carbocycles. The Labute approximate surface area is 106 Å². The molecule has 3 heterocycles. The molecule has 0 aliphatic carbocycles. The van der Waals surface area contributed by atoms with Crippen LogP contribution in [-0.4, -0.2) is 26.4 Å². The Hall–Kier alpha value is -1.62. The number of aryl methyl sites for hydroxylation is 2. The van der Waals surface area contributed by atoms with Crippen molar-refractivity contribution in [3.63, 3.8) is 0 Å². The molecule has 3 rings (SSSR count). The minimum absolute atomic E-state index is 0.462. The first-order valence-corrected chi connectivity index (χ1v) is 6.37. The number of hydrogen-bond acceptors (Lipinski definition) is 4. The number of hydrogen-bond donors (Lipinski definition) is 0. The molecule has 0 amide bonds. The molecule has 1 unspecified atom stereocenters. The van der Waals surface area contributed by atoms with Crippen LogP contribution >= 0.6 is 0 Å². The summed E-state index contributed by atoms with van der Waals surface area (Å²) in [6.07, 6.45) is 6.49. The molecule has 1 aliphatic heterocycles. The molecule has 2 aromatic heterocycles. The SMILES string of the molecule is Cc1cc(CN2CCCC2c2cnn(C)c2)on1. The van der Waals surface area contributed by atoms with Gasteiger partial charge in [0.05, 0.1) is 18.4 Å². The molecule has 0 N–H and O–H groups in total. The second-order valence-electron chi connectivity index (χ2n) is 5.01. The number of likely N-dealkylation sites (tertiary alicyclic amines) is 1. The summed E-state index contributed by atoms with van der Waals surface area (Å²) in [6.45, 7) is 3.90. The molecule has 5 nitrogen and oxygen atoms in total. The Bertz CT molecular complexity index is 531. The fraction of sp³-hybridized carbons (Fsp3) is 0.538. The summed E-state index contributed by atoms with van der Waals surface area (Å²) in [7, 11) is 1.96. The lowest BCUT2D eigenvalue weighted by atomic mass is 10.1. The highest BCUT2D eigenvalue weighted by Gasteiger charge is 2.27. The molecular formula is C13H18N4O. The lowest BCUT2D eigenvalue weighted by Crippen LogP contribution is -2.22. The van der Waals surface area contributed by atoms with Gasteiger partial charge in [0.2, 0.25) is 0 Å². The van der Waals surface area contributed by atoms with E-state index in [9.17, 15) is 0 Å². The molecule has 0 radical (unpaired) electrons. The van der Waals surface area contributed by atoms with Crippen LogP contribution in [0.4, 0.5) is 0 Å². The van der Waals surface area contributed by atoms with E-state index in [0.717, 1.165) is 24.5 Å². The molecule has 1 saturated heterocycles. The lowest BCUT2D eigenvalue weighted by molar-refractivity contribution is 0.216. The third kappa shape index (κ3) is 2.18. The average molecular weight is 246 g/mol. The molecule has 96 valence electrons. The summed E-state index contributed by atoms with van der Waals surface area (Å²) in [5, 5.41) is 8.20. The van der Waals surface area contributed by atoms with Gasteiger partial charge in [0, 0.05) is 30.9 Å². The molecule has 1 atom stereocenters. The maximum atomic E-state index is 5.30. The average Bonchev–Trinajstić information content (AvgIpc) is 3.01. The van der Waals surface area contributed by atoms with Gasteiger partial charge in [0.1, 0.15) is 0 Å². The van der Waals surface area contributed by atoms with Crippen molar-refractivity contribution in [3.05, 3.63) is 35.5 Å². The highest BCUT2D eigenvalue weighted by molar-refractivity contribution is 5.13. The normalized spacial score (nSPS) is 20.7. The molecular weight excluding hydrogens is 228 g/mol. The smallest absolute Gasteiger partial charge is 0.150 e. The van der Waals surface area contributed by atoms with E-state index in [4.69, 9.17) is 4.52 Å². The summed E-state index contributed by atoms with van der Waals surface area (Å²) in [5.74, 6) is 0.947. The van der Waals surface area contributed by atoms with E-state index < -0.39 is 0 Å². The van der Waals surface area contributed by atoms with E-state index >= 15 is 0 Å². The van der Waals surface area contributed by atoms with Gasteiger partial charge in [-0.15, -0.1) is 0 Å². The quantitative estimate of drug-likeness (QED) is 0.831. The fourth-order valence-electron chi connectivity index (χ4n) is 2.70. The van der Waals surface area contributed by atoms with E-state index in [0.29, 0.717) is 6.04 Å². The summed E-state index contributed by atoms with van der Waals surface area (Å²) in [5.41, 5.74) is 2.24. The van der Waals surface area contributed by atoms with E-state index in [1.807, 2.05) is 30.9 Å². The van der Waals surface area contributed by atoms with Crippen molar-refractivity contribution in [2.24, 2.45) is 7.05 Å². The maximum Gasteiger partial charge on any atom is 0.150 e. The Kier molecular flexibility index (Phi) is 2.91. The number of rotatable bonds is 3. The van der Waals surface area contributed by atoms with Crippen molar-refractivity contribution in [1.29, 1.82) is 0 Å². The van der Waals surface area contributed by atoms with Gasteiger partial charge in [0.15, 0.2) is 5.76 Å². The molecule has 1 fully saturated rings. The van der Waals surface area contributed by atoms with Crippen LogP contribution in [0.1, 0.15) is 35.9 Å². The van der Waals surface area contributed by atoms with Gasteiger partial charge >= 0.3 is 0 Å². The van der Waals surface area contributed by atoms with Crippen LogP contribution in [0.15, 0.2) is 23.0 Å². The highest BCUT2D eigenvalue weighted by atomic mass is 16.5. The summed E-state index contributed by atoms with van der Waals surface area (Å²) in [6, 6.07) is 2.47. The van der Waals surface area contributed by atoms with Crippen molar-refractivity contribution < 1.29 is 4.52 Å². The fourth-order valence-corrected chi connectivity index (χ4v) is 2.70. The van der Waals surface area contributed by atoms with E-state index in [1.54, 1.807) is 0 Å². The second kappa shape index (κ2) is 4.57. The minimum Gasteiger partial charge on any atom is -0.360 e. The zero-order chi connectivity index (χ0) is 12.5. The van der Waals surface area contributed by atoms with Gasteiger partial charge in [0.25, 0.3) is 0 Å². The Morgan fingerprint density at radius 2 is 2.39 bits per heavy atom. The van der Waals surface area contributed by atoms with Crippen LogP contribution in [0.5, 0.6) is 0 Å². The van der Waals surface area contributed by atoms with Crippen LogP contribution in [0, 0.1) is 6.92 Å². The molecule has 5 heteroatoms. The standard InChI is InChI=1S/C13H18N4O/c1-10-6-12(18-15-10)9-17-5-3-4-13(17)11-7-14-16(2)8-11/h6-8,13H,3-5,9H2,1-2H3. The summed E-state index contributed by atoms with van der Waals surface area (Å²) < 4.78 is 7.17. The van der Waals surface area contributed by atoms with Crippen molar-refractivity contribution >= 4 is 0 Å². The topological polar surface area (TPSA) is 47.1 Å². The van der Waals surface area contributed by atoms with E-state index in [2.05, 4.69) is 21.4 Å². The van der Waals surface area contributed by atoms with Crippen LogP contribution < -0.4 is 0 Å². The monoisotopic (exact) mass is 246 g/mol. The van der Waals surface area contributed by atoms with Crippen molar-refractivity contribution in [2.75, 3.05) is 6.54 Å². The van der Waals surface area contributed by atoms with Crippen LogP contribution in [-0.2, 0) is 13.6 Å². The Morgan fingerprint density at radius 3 is 3.06 bits per heavy atom. The zero-order valence-corrected chi connectivity index (χ0v) is 10.8. The van der Waals surface area contributed by atoms with Gasteiger partial charge in [-0.3, -0.25) is 9.58 Å². The van der Waals surface area contributed by atoms with Crippen LogP contribution in [0.25, 0.3) is 0 Å². The van der Waals surface area contributed by atoms with Gasteiger partial charge in [-0.2, -0.15) is 5.10 Å². The van der Waals surface area contributed by atoms with Gasteiger partial charge < -0.3 is 4.52 Å².